The van der Waals surface area contributed by atoms with E-state index < -0.39 is 0 Å². The average Bonchev–Trinajstić information content (AvgIpc) is 2.65. The van der Waals surface area contributed by atoms with Gasteiger partial charge in [0, 0.05) is 7.05 Å². The molecule has 0 radical (unpaired) electrons. The zero-order valence-corrected chi connectivity index (χ0v) is 13.5. The van der Waals surface area contributed by atoms with Gasteiger partial charge in [0.25, 0.3) is 11.1 Å². The lowest BCUT2D eigenvalue weighted by atomic mass is 10.2. The number of carbonyl (C=O) groups excluding carboxylic acids is 2. The first-order chi connectivity index (χ1) is 9.47. The van der Waals surface area contributed by atoms with E-state index in [1.165, 1.54) is 14.2 Å². The van der Waals surface area contributed by atoms with E-state index in [1.807, 2.05) is 0 Å². The third-order valence-corrected chi connectivity index (χ3v) is 4.29. The molecule has 106 valence electrons. The molecule has 2 amide bonds. The van der Waals surface area contributed by atoms with Gasteiger partial charge in [-0.05, 0) is 51.5 Å². The molecular formula is C13H12BrNO4S. The first kappa shape index (κ1) is 14.9. The molecule has 1 heterocycles. The number of ether oxygens (including phenoxy) is 2. The van der Waals surface area contributed by atoms with Gasteiger partial charge in [-0.1, -0.05) is 0 Å². The number of amides is 2. The fourth-order valence-electron chi connectivity index (χ4n) is 1.72. The second kappa shape index (κ2) is 5.88. The number of thioether (sulfide) groups is 1. The maximum absolute atomic E-state index is 11.8. The summed E-state index contributed by atoms with van der Waals surface area (Å²) in [7, 11) is 4.54. The minimum Gasteiger partial charge on any atom is -0.493 e. The van der Waals surface area contributed by atoms with E-state index in [0.29, 0.717) is 20.9 Å². The van der Waals surface area contributed by atoms with Crippen molar-refractivity contribution < 1.29 is 19.1 Å². The lowest BCUT2D eigenvalue weighted by Crippen LogP contribution is -2.22. The van der Waals surface area contributed by atoms with Crippen LogP contribution in [0.4, 0.5) is 4.79 Å². The first-order valence-electron chi connectivity index (χ1n) is 5.61. The monoisotopic (exact) mass is 357 g/mol. The maximum atomic E-state index is 11.8. The summed E-state index contributed by atoms with van der Waals surface area (Å²) in [5.74, 6) is 0.822. The van der Waals surface area contributed by atoms with Crippen LogP contribution in [0.25, 0.3) is 6.08 Å². The van der Waals surface area contributed by atoms with Gasteiger partial charge in [-0.15, -0.1) is 0 Å². The SMILES string of the molecule is COc1cc(/C=C2/SC(=O)N(C)C2=O)cc(Br)c1OC. The van der Waals surface area contributed by atoms with Crippen LogP contribution in [0.15, 0.2) is 21.5 Å². The number of halogens is 1. The van der Waals surface area contributed by atoms with E-state index in [4.69, 9.17) is 9.47 Å². The fourth-order valence-corrected chi connectivity index (χ4v) is 3.17. The Balaban J connectivity index is 2.42. The number of carbonyl (C=O) groups is 2. The van der Waals surface area contributed by atoms with Gasteiger partial charge in [-0.3, -0.25) is 14.5 Å². The van der Waals surface area contributed by atoms with Crippen LogP contribution in [0.2, 0.25) is 0 Å². The Morgan fingerprint density at radius 1 is 1.25 bits per heavy atom. The van der Waals surface area contributed by atoms with E-state index in [2.05, 4.69) is 15.9 Å². The summed E-state index contributed by atoms with van der Waals surface area (Å²) < 4.78 is 11.2. The van der Waals surface area contributed by atoms with Gasteiger partial charge in [0.15, 0.2) is 11.5 Å². The third kappa shape index (κ3) is 2.69. The molecular weight excluding hydrogens is 346 g/mol. The van der Waals surface area contributed by atoms with E-state index >= 15 is 0 Å². The highest BCUT2D eigenvalue weighted by molar-refractivity contribution is 9.10. The standard InChI is InChI=1S/C13H12BrNO4S/c1-15-12(16)10(20-13(15)17)6-7-4-8(14)11(19-3)9(5-7)18-2/h4-6H,1-3H3/b10-6+. The Bertz CT molecular complexity index is 615. The number of hydrogen-bond acceptors (Lipinski definition) is 5. The van der Waals surface area contributed by atoms with Crippen molar-refractivity contribution in [2.75, 3.05) is 21.3 Å². The molecule has 1 aromatic rings. The van der Waals surface area contributed by atoms with Gasteiger partial charge in [-0.2, -0.15) is 0 Å². The molecule has 0 aromatic heterocycles. The third-order valence-electron chi connectivity index (χ3n) is 2.74. The molecule has 7 heteroatoms. The molecule has 1 fully saturated rings. The van der Waals surface area contributed by atoms with Gasteiger partial charge in [0.2, 0.25) is 0 Å². The minimum atomic E-state index is -0.300. The number of imide groups is 1. The normalized spacial score (nSPS) is 17.0. The number of nitrogens with zero attached hydrogens (tertiary/aromatic N) is 1. The predicted molar refractivity (Wildman–Crippen MR) is 81.0 cm³/mol. The van der Waals surface area contributed by atoms with Crippen molar-refractivity contribution in [2.24, 2.45) is 0 Å². The number of methoxy groups -OCH3 is 2. The van der Waals surface area contributed by atoms with Gasteiger partial charge in [-0.25, -0.2) is 0 Å². The van der Waals surface area contributed by atoms with Crippen LogP contribution in [-0.2, 0) is 4.79 Å². The Hall–Kier alpha value is -1.47. The summed E-state index contributed by atoms with van der Waals surface area (Å²) in [6, 6.07) is 3.54. The predicted octanol–water partition coefficient (Wildman–Crippen LogP) is 3.13. The summed E-state index contributed by atoms with van der Waals surface area (Å²) in [4.78, 5) is 24.8. The molecule has 0 aliphatic carbocycles. The number of likely N-dealkylation sites (N-methyl/N-ethyl adjacent to an activating group) is 1. The molecule has 0 saturated carbocycles. The molecule has 1 saturated heterocycles. The van der Waals surface area contributed by atoms with Crippen LogP contribution in [0.1, 0.15) is 5.56 Å². The second-order valence-electron chi connectivity index (χ2n) is 3.98. The van der Waals surface area contributed by atoms with E-state index in [0.717, 1.165) is 22.2 Å². The summed E-state index contributed by atoms with van der Waals surface area (Å²) in [6.07, 6.45) is 1.65. The Kier molecular flexibility index (Phi) is 4.39. The van der Waals surface area contributed by atoms with E-state index in [-0.39, 0.29) is 11.1 Å². The van der Waals surface area contributed by atoms with Crippen LogP contribution in [0.5, 0.6) is 11.5 Å². The van der Waals surface area contributed by atoms with Gasteiger partial charge in [0.05, 0.1) is 23.6 Å². The quantitative estimate of drug-likeness (QED) is 0.777. The van der Waals surface area contributed by atoms with Crippen molar-refractivity contribution in [1.82, 2.24) is 4.90 Å². The highest BCUT2D eigenvalue weighted by Gasteiger charge is 2.31. The van der Waals surface area contributed by atoms with E-state index in [9.17, 15) is 9.59 Å². The summed E-state index contributed by atoms with van der Waals surface area (Å²) >= 11 is 4.30. The molecule has 1 aromatic carbocycles. The molecule has 2 rings (SSSR count). The van der Waals surface area contributed by atoms with Crippen LogP contribution in [-0.4, -0.2) is 37.3 Å². The zero-order chi connectivity index (χ0) is 14.9. The van der Waals surface area contributed by atoms with Gasteiger partial charge in [0.1, 0.15) is 0 Å². The smallest absolute Gasteiger partial charge is 0.293 e. The fraction of sp³-hybridized carbons (Fsp3) is 0.231. The van der Waals surface area contributed by atoms with Crippen molar-refractivity contribution in [3.05, 3.63) is 27.1 Å². The molecule has 20 heavy (non-hydrogen) atoms. The van der Waals surface area contributed by atoms with Crippen molar-refractivity contribution in [1.29, 1.82) is 0 Å². The van der Waals surface area contributed by atoms with Crippen molar-refractivity contribution in [3.63, 3.8) is 0 Å². The molecule has 1 aliphatic rings. The Morgan fingerprint density at radius 3 is 2.45 bits per heavy atom. The highest BCUT2D eigenvalue weighted by atomic mass is 79.9. The molecule has 0 atom stereocenters. The van der Waals surface area contributed by atoms with Crippen LogP contribution in [0, 0.1) is 0 Å². The molecule has 0 N–H and O–H groups in total. The first-order valence-corrected chi connectivity index (χ1v) is 7.22. The van der Waals surface area contributed by atoms with Crippen molar-refractivity contribution in [3.8, 4) is 11.5 Å². The summed E-state index contributed by atoms with van der Waals surface area (Å²) in [5.41, 5.74) is 0.744. The Labute approximate surface area is 129 Å². The molecule has 0 spiro atoms. The maximum Gasteiger partial charge on any atom is 0.293 e. The molecule has 0 bridgehead atoms. The van der Waals surface area contributed by atoms with Gasteiger partial charge < -0.3 is 9.47 Å². The Morgan fingerprint density at radius 2 is 1.95 bits per heavy atom. The number of benzene rings is 1. The van der Waals surface area contributed by atoms with Crippen LogP contribution in [0.3, 0.4) is 0 Å². The number of hydrogen-bond donors (Lipinski definition) is 0. The highest BCUT2D eigenvalue weighted by Crippen LogP contribution is 2.38. The van der Waals surface area contributed by atoms with E-state index in [1.54, 1.807) is 25.3 Å². The molecule has 1 aliphatic heterocycles. The average molecular weight is 358 g/mol. The van der Waals surface area contributed by atoms with Crippen molar-refractivity contribution >= 4 is 44.9 Å². The zero-order valence-electron chi connectivity index (χ0n) is 11.1. The molecule has 0 unspecified atom stereocenters. The molecule has 5 nitrogen and oxygen atoms in total. The van der Waals surface area contributed by atoms with Crippen molar-refractivity contribution in [2.45, 2.75) is 0 Å². The van der Waals surface area contributed by atoms with Gasteiger partial charge >= 0.3 is 0 Å². The van der Waals surface area contributed by atoms with Crippen LogP contribution >= 0.6 is 27.7 Å². The summed E-state index contributed by atoms with van der Waals surface area (Å²) in [5, 5.41) is -0.277. The lowest BCUT2D eigenvalue weighted by Gasteiger charge is -2.10. The van der Waals surface area contributed by atoms with Crippen LogP contribution < -0.4 is 9.47 Å². The second-order valence-corrected chi connectivity index (χ2v) is 5.83. The number of rotatable bonds is 3. The topological polar surface area (TPSA) is 55.8 Å². The lowest BCUT2D eigenvalue weighted by molar-refractivity contribution is -0.121. The largest absolute Gasteiger partial charge is 0.493 e. The minimum absolute atomic E-state index is 0.277. The summed E-state index contributed by atoms with van der Waals surface area (Å²) in [6.45, 7) is 0.